The van der Waals surface area contributed by atoms with Gasteiger partial charge in [0.15, 0.2) is 0 Å². The first-order chi connectivity index (χ1) is 7.72. The van der Waals surface area contributed by atoms with E-state index in [1.54, 1.807) is 0 Å². The predicted molar refractivity (Wildman–Crippen MR) is 69.5 cm³/mol. The Bertz CT molecular complexity index is 184. The molecule has 2 unspecified atom stereocenters. The molecule has 0 saturated heterocycles. The van der Waals surface area contributed by atoms with E-state index in [9.17, 15) is 0 Å². The number of hydrogen-bond acceptors (Lipinski definition) is 2. The van der Waals surface area contributed by atoms with Crippen LogP contribution in [0.5, 0.6) is 0 Å². The molecule has 0 bridgehead atoms. The fraction of sp³-hybridized carbons (Fsp3) is 1.00. The average molecular weight is 227 g/mol. The van der Waals surface area contributed by atoms with Gasteiger partial charge >= 0.3 is 0 Å². The second-order valence-corrected chi connectivity index (χ2v) is 5.62. The van der Waals surface area contributed by atoms with Crippen LogP contribution in [0, 0.1) is 11.3 Å². The Kier molecular flexibility index (Phi) is 6.37. The summed E-state index contributed by atoms with van der Waals surface area (Å²) in [5.41, 5.74) is 6.38. The molecule has 1 aliphatic carbocycles. The fourth-order valence-electron chi connectivity index (χ4n) is 2.92. The van der Waals surface area contributed by atoms with Crippen LogP contribution in [-0.4, -0.2) is 19.8 Å². The minimum Gasteiger partial charge on any atom is -0.381 e. The van der Waals surface area contributed by atoms with Crippen molar-refractivity contribution < 1.29 is 4.74 Å². The van der Waals surface area contributed by atoms with Crippen LogP contribution in [0.3, 0.4) is 0 Å². The lowest BCUT2D eigenvalue weighted by molar-refractivity contribution is 0.0643. The van der Waals surface area contributed by atoms with Crippen LogP contribution < -0.4 is 5.73 Å². The molecule has 0 aromatic carbocycles. The maximum absolute atomic E-state index is 5.99. The first kappa shape index (κ1) is 14.0. The zero-order valence-corrected chi connectivity index (χ0v) is 11.1. The number of unbranched alkanes of at least 4 members (excludes halogenated alkanes) is 1. The van der Waals surface area contributed by atoms with Gasteiger partial charge in [0, 0.05) is 13.2 Å². The van der Waals surface area contributed by atoms with Gasteiger partial charge in [-0.2, -0.15) is 0 Å². The average Bonchev–Trinajstić information content (AvgIpc) is 2.29. The van der Waals surface area contributed by atoms with E-state index < -0.39 is 0 Å². The molecule has 0 heterocycles. The molecule has 0 spiro atoms. The van der Waals surface area contributed by atoms with Crippen molar-refractivity contribution in [3.8, 4) is 0 Å². The normalized spacial score (nSPS) is 30.6. The van der Waals surface area contributed by atoms with Crippen molar-refractivity contribution in [3.05, 3.63) is 0 Å². The Morgan fingerprint density at radius 2 is 2.19 bits per heavy atom. The third kappa shape index (κ3) is 4.42. The van der Waals surface area contributed by atoms with Crippen LogP contribution >= 0.6 is 0 Å². The van der Waals surface area contributed by atoms with Crippen molar-refractivity contribution in [1.29, 1.82) is 0 Å². The summed E-state index contributed by atoms with van der Waals surface area (Å²) < 4.78 is 5.68. The molecule has 1 rings (SSSR count). The number of hydrogen-bond donors (Lipinski definition) is 1. The molecule has 0 amide bonds. The maximum atomic E-state index is 5.99. The number of rotatable bonds is 7. The largest absolute Gasteiger partial charge is 0.381 e. The summed E-state index contributed by atoms with van der Waals surface area (Å²) in [5, 5.41) is 0. The van der Waals surface area contributed by atoms with Crippen molar-refractivity contribution in [2.45, 2.75) is 58.8 Å². The van der Waals surface area contributed by atoms with Gasteiger partial charge in [-0.05, 0) is 43.6 Å². The highest BCUT2D eigenvalue weighted by molar-refractivity contribution is 4.86. The smallest absolute Gasteiger partial charge is 0.0471 e. The first-order valence-electron chi connectivity index (χ1n) is 7.00. The lowest BCUT2D eigenvalue weighted by Crippen LogP contribution is -2.36. The van der Waals surface area contributed by atoms with Gasteiger partial charge in [0.1, 0.15) is 0 Å². The van der Waals surface area contributed by atoms with Crippen LogP contribution in [0.1, 0.15) is 58.8 Å². The Morgan fingerprint density at radius 3 is 2.81 bits per heavy atom. The summed E-state index contributed by atoms with van der Waals surface area (Å²) in [6.07, 6.45) is 8.93. The van der Waals surface area contributed by atoms with Crippen molar-refractivity contribution in [2.24, 2.45) is 17.1 Å². The van der Waals surface area contributed by atoms with Gasteiger partial charge in [-0.3, -0.25) is 0 Å². The van der Waals surface area contributed by atoms with Crippen LogP contribution in [0.25, 0.3) is 0 Å². The second kappa shape index (κ2) is 7.29. The molecule has 0 aliphatic heterocycles. The van der Waals surface area contributed by atoms with E-state index in [-0.39, 0.29) is 0 Å². The fourth-order valence-corrected chi connectivity index (χ4v) is 2.92. The van der Waals surface area contributed by atoms with Gasteiger partial charge in [-0.1, -0.05) is 33.1 Å². The van der Waals surface area contributed by atoms with E-state index in [0.717, 1.165) is 32.1 Å². The molecule has 2 heteroatoms. The minimum atomic E-state index is 0.393. The molecule has 2 N–H and O–H groups in total. The monoisotopic (exact) mass is 227 g/mol. The zero-order valence-electron chi connectivity index (χ0n) is 11.1. The third-order valence-corrected chi connectivity index (χ3v) is 4.04. The lowest BCUT2D eigenvalue weighted by atomic mass is 9.68. The van der Waals surface area contributed by atoms with Crippen molar-refractivity contribution in [2.75, 3.05) is 19.8 Å². The Hall–Kier alpha value is -0.0800. The molecule has 1 aliphatic rings. The molecular formula is C14H29NO. The highest BCUT2D eigenvalue weighted by Gasteiger charge is 2.33. The second-order valence-electron chi connectivity index (χ2n) is 5.62. The molecule has 16 heavy (non-hydrogen) atoms. The standard InChI is InChI=1S/C14H29NO/c1-3-4-9-16-10-8-14(12-15)7-5-6-13(2)11-14/h13H,3-12,15H2,1-2H3. The summed E-state index contributed by atoms with van der Waals surface area (Å²) in [6, 6.07) is 0. The molecule has 0 aromatic rings. The van der Waals surface area contributed by atoms with Crippen LogP contribution in [0.2, 0.25) is 0 Å². The highest BCUT2D eigenvalue weighted by atomic mass is 16.5. The molecular weight excluding hydrogens is 198 g/mol. The van der Waals surface area contributed by atoms with Crippen molar-refractivity contribution in [1.82, 2.24) is 0 Å². The van der Waals surface area contributed by atoms with E-state index in [1.165, 1.54) is 38.5 Å². The molecule has 2 nitrogen and oxygen atoms in total. The van der Waals surface area contributed by atoms with Gasteiger partial charge in [0.2, 0.25) is 0 Å². The molecule has 0 radical (unpaired) electrons. The number of ether oxygens (including phenoxy) is 1. The molecule has 2 atom stereocenters. The van der Waals surface area contributed by atoms with Gasteiger partial charge in [0.05, 0.1) is 0 Å². The molecule has 1 saturated carbocycles. The van der Waals surface area contributed by atoms with E-state index in [2.05, 4.69) is 13.8 Å². The van der Waals surface area contributed by atoms with Crippen molar-refractivity contribution >= 4 is 0 Å². The van der Waals surface area contributed by atoms with Gasteiger partial charge in [-0.25, -0.2) is 0 Å². The van der Waals surface area contributed by atoms with E-state index in [0.29, 0.717) is 5.41 Å². The predicted octanol–water partition coefficient (Wildman–Crippen LogP) is 3.35. The van der Waals surface area contributed by atoms with Gasteiger partial charge in [-0.15, -0.1) is 0 Å². The summed E-state index contributed by atoms with van der Waals surface area (Å²) >= 11 is 0. The highest BCUT2D eigenvalue weighted by Crippen LogP contribution is 2.41. The Morgan fingerprint density at radius 1 is 1.38 bits per heavy atom. The lowest BCUT2D eigenvalue weighted by Gasteiger charge is -2.39. The van der Waals surface area contributed by atoms with Crippen LogP contribution in [0.4, 0.5) is 0 Å². The van der Waals surface area contributed by atoms with E-state index >= 15 is 0 Å². The van der Waals surface area contributed by atoms with Crippen LogP contribution in [0.15, 0.2) is 0 Å². The summed E-state index contributed by atoms with van der Waals surface area (Å²) in [4.78, 5) is 0. The SMILES string of the molecule is CCCCOCCC1(CN)CCCC(C)C1. The third-order valence-electron chi connectivity index (χ3n) is 4.04. The summed E-state index contributed by atoms with van der Waals surface area (Å²) in [6.45, 7) is 7.24. The van der Waals surface area contributed by atoms with Gasteiger partial charge < -0.3 is 10.5 Å². The number of nitrogens with two attached hydrogens (primary N) is 1. The minimum absolute atomic E-state index is 0.393. The zero-order chi connectivity index (χ0) is 11.9. The van der Waals surface area contributed by atoms with Gasteiger partial charge in [0.25, 0.3) is 0 Å². The molecule has 96 valence electrons. The molecule has 1 fully saturated rings. The molecule has 0 aromatic heterocycles. The van der Waals surface area contributed by atoms with E-state index in [4.69, 9.17) is 10.5 Å². The Balaban J connectivity index is 2.24. The maximum Gasteiger partial charge on any atom is 0.0471 e. The summed E-state index contributed by atoms with van der Waals surface area (Å²) in [7, 11) is 0. The topological polar surface area (TPSA) is 35.2 Å². The quantitative estimate of drug-likeness (QED) is 0.677. The Labute approximate surface area is 101 Å². The van der Waals surface area contributed by atoms with Crippen LogP contribution in [-0.2, 0) is 4.74 Å². The summed E-state index contributed by atoms with van der Waals surface area (Å²) in [5.74, 6) is 0.855. The van der Waals surface area contributed by atoms with Crippen molar-refractivity contribution in [3.63, 3.8) is 0 Å². The van der Waals surface area contributed by atoms with E-state index in [1.807, 2.05) is 0 Å². The first-order valence-corrected chi connectivity index (χ1v) is 7.00.